The summed E-state index contributed by atoms with van der Waals surface area (Å²) in [5.41, 5.74) is 0.0292. The first-order chi connectivity index (χ1) is 8.56. The first kappa shape index (κ1) is 11.6. The average Bonchev–Trinajstić information content (AvgIpc) is 2.96. The third-order valence-electron chi connectivity index (χ3n) is 4.15. The quantitative estimate of drug-likeness (QED) is 0.858. The Balaban J connectivity index is 1.76. The van der Waals surface area contributed by atoms with Crippen molar-refractivity contribution >= 4 is 11.6 Å². The van der Waals surface area contributed by atoms with Crippen molar-refractivity contribution in [2.24, 2.45) is 17.8 Å². The van der Waals surface area contributed by atoms with Crippen LogP contribution in [0, 0.1) is 36.3 Å². The van der Waals surface area contributed by atoms with Crippen LogP contribution in [0.1, 0.15) is 24.8 Å². The molecule has 96 valence electrons. The number of carbonyl (C=O) groups excluding carboxylic acids is 1. The van der Waals surface area contributed by atoms with Gasteiger partial charge in [-0.2, -0.15) is 0 Å². The van der Waals surface area contributed by atoms with Gasteiger partial charge >= 0.3 is 0 Å². The molecule has 0 spiro atoms. The minimum absolute atomic E-state index is 0.0759. The van der Waals surface area contributed by atoms with E-state index in [0.717, 1.165) is 12.8 Å². The Labute approximate surface area is 104 Å². The maximum Gasteiger partial charge on any atom is 0.227 e. The summed E-state index contributed by atoms with van der Waals surface area (Å²) in [5.74, 6) is -0.360. The summed E-state index contributed by atoms with van der Waals surface area (Å²) in [7, 11) is 0. The Morgan fingerprint density at radius 3 is 2.56 bits per heavy atom. The van der Waals surface area contributed by atoms with Crippen molar-refractivity contribution in [3.05, 3.63) is 29.3 Å². The lowest BCUT2D eigenvalue weighted by Gasteiger charge is -2.14. The molecule has 1 amide bonds. The van der Waals surface area contributed by atoms with Crippen molar-refractivity contribution in [1.29, 1.82) is 0 Å². The Bertz CT molecular complexity index is 505. The minimum atomic E-state index is -0.713. The molecule has 0 heterocycles. The van der Waals surface area contributed by atoms with Crippen LogP contribution in [-0.4, -0.2) is 5.91 Å². The monoisotopic (exact) mass is 251 g/mol. The number of carbonyl (C=O) groups is 1. The van der Waals surface area contributed by atoms with Gasteiger partial charge in [0, 0.05) is 5.92 Å². The van der Waals surface area contributed by atoms with Crippen LogP contribution in [0.3, 0.4) is 0 Å². The Morgan fingerprint density at radius 1 is 1.22 bits per heavy atom. The van der Waals surface area contributed by atoms with E-state index in [0.29, 0.717) is 17.4 Å². The molecule has 0 bridgehead atoms. The second kappa shape index (κ2) is 4.04. The average molecular weight is 251 g/mol. The molecule has 2 aliphatic rings. The summed E-state index contributed by atoms with van der Waals surface area (Å²) in [6.07, 6.45) is 2.95. The zero-order valence-corrected chi connectivity index (χ0v) is 10.2. The molecule has 1 N–H and O–H groups in total. The molecule has 1 aromatic carbocycles. The Morgan fingerprint density at radius 2 is 1.89 bits per heavy atom. The van der Waals surface area contributed by atoms with E-state index in [9.17, 15) is 13.6 Å². The van der Waals surface area contributed by atoms with E-state index in [1.165, 1.54) is 18.6 Å². The zero-order chi connectivity index (χ0) is 12.9. The molecule has 4 heteroatoms. The fraction of sp³-hybridized carbons (Fsp3) is 0.500. The minimum Gasteiger partial charge on any atom is -0.321 e. The van der Waals surface area contributed by atoms with Gasteiger partial charge in [0.2, 0.25) is 5.91 Å². The lowest BCUT2D eigenvalue weighted by atomic mass is 10.0. The highest BCUT2D eigenvalue weighted by Gasteiger charge is 2.48. The van der Waals surface area contributed by atoms with Crippen molar-refractivity contribution in [2.75, 3.05) is 5.32 Å². The van der Waals surface area contributed by atoms with Crippen LogP contribution in [0.2, 0.25) is 0 Å². The van der Waals surface area contributed by atoms with E-state index in [1.807, 2.05) is 0 Å². The number of anilines is 1. The fourth-order valence-corrected chi connectivity index (χ4v) is 2.93. The van der Waals surface area contributed by atoms with Gasteiger partial charge in [-0.25, -0.2) is 8.78 Å². The highest BCUT2D eigenvalue weighted by Crippen LogP contribution is 2.54. The van der Waals surface area contributed by atoms with Crippen molar-refractivity contribution < 1.29 is 13.6 Å². The second-order valence-corrected chi connectivity index (χ2v) is 5.47. The van der Waals surface area contributed by atoms with Crippen LogP contribution in [0.5, 0.6) is 0 Å². The molecular weight excluding hydrogens is 236 g/mol. The summed E-state index contributed by atoms with van der Waals surface area (Å²) >= 11 is 0. The number of rotatable bonds is 2. The van der Waals surface area contributed by atoms with E-state index in [-0.39, 0.29) is 17.5 Å². The van der Waals surface area contributed by atoms with Crippen molar-refractivity contribution in [2.45, 2.75) is 26.2 Å². The highest BCUT2D eigenvalue weighted by atomic mass is 19.1. The van der Waals surface area contributed by atoms with Crippen molar-refractivity contribution in [1.82, 2.24) is 0 Å². The van der Waals surface area contributed by atoms with Gasteiger partial charge < -0.3 is 5.32 Å². The summed E-state index contributed by atoms with van der Waals surface area (Å²) in [4.78, 5) is 12.0. The first-order valence-corrected chi connectivity index (χ1v) is 6.31. The maximum absolute atomic E-state index is 13.7. The molecule has 2 nitrogen and oxygen atoms in total. The normalized spacial score (nSPS) is 28.9. The van der Waals surface area contributed by atoms with Crippen LogP contribution in [-0.2, 0) is 4.79 Å². The predicted molar refractivity (Wildman–Crippen MR) is 64.0 cm³/mol. The van der Waals surface area contributed by atoms with Crippen LogP contribution in [0.25, 0.3) is 0 Å². The number of benzene rings is 1. The molecule has 18 heavy (non-hydrogen) atoms. The molecule has 2 aliphatic carbocycles. The molecule has 0 aliphatic heterocycles. The summed E-state index contributed by atoms with van der Waals surface area (Å²) in [6.45, 7) is 1.55. The van der Waals surface area contributed by atoms with E-state index < -0.39 is 11.6 Å². The molecule has 0 aromatic heterocycles. The summed E-state index contributed by atoms with van der Waals surface area (Å²) in [5, 5.41) is 2.41. The van der Waals surface area contributed by atoms with Gasteiger partial charge in [0.15, 0.2) is 5.82 Å². The highest BCUT2D eigenvalue weighted by molar-refractivity contribution is 5.93. The molecule has 2 atom stereocenters. The number of fused-ring (bicyclic) bond motifs is 1. The van der Waals surface area contributed by atoms with Crippen LogP contribution in [0.15, 0.2) is 12.1 Å². The van der Waals surface area contributed by atoms with Crippen molar-refractivity contribution in [3.63, 3.8) is 0 Å². The maximum atomic E-state index is 13.7. The fourth-order valence-electron chi connectivity index (χ4n) is 2.93. The Hall–Kier alpha value is -1.45. The van der Waals surface area contributed by atoms with Crippen LogP contribution < -0.4 is 5.32 Å². The number of halogens is 2. The lowest BCUT2D eigenvalue weighted by Crippen LogP contribution is -2.23. The van der Waals surface area contributed by atoms with Gasteiger partial charge in [-0.15, -0.1) is 0 Å². The third-order valence-corrected chi connectivity index (χ3v) is 4.15. The van der Waals surface area contributed by atoms with Crippen LogP contribution in [0.4, 0.5) is 14.5 Å². The Kier molecular flexibility index (Phi) is 2.61. The van der Waals surface area contributed by atoms with Gasteiger partial charge in [-0.1, -0.05) is 6.07 Å². The smallest absolute Gasteiger partial charge is 0.227 e. The predicted octanol–water partition coefficient (Wildman–Crippen LogP) is 3.26. The number of aryl methyl sites for hydroxylation is 1. The van der Waals surface area contributed by atoms with Gasteiger partial charge in [-0.05, 0) is 49.7 Å². The molecule has 2 unspecified atom stereocenters. The van der Waals surface area contributed by atoms with E-state index >= 15 is 0 Å². The van der Waals surface area contributed by atoms with E-state index in [2.05, 4.69) is 5.32 Å². The summed E-state index contributed by atoms with van der Waals surface area (Å²) in [6, 6.07) is 2.55. The molecule has 0 saturated heterocycles. The number of amides is 1. The van der Waals surface area contributed by atoms with Crippen LogP contribution >= 0.6 is 0 Å². The van der Waals surface area contributed by atoms with E-state index in [4.69, 9.17) is 0 Å². The molecule has 0 radical (unpaired) electrons. The topological polar surface area (TPSA) is 29.1 Å². The van der Waals surface area contributed by atoms with Crippen molar-refractivity contribution in [3.8, 4) is 0 Å². The molecule has 1 aromatic rings. The number of hydrogen-bond donors (Lipinski definition) is 1. The SMILES string of the molecule is Cc1ccc(F)c(NC(=O)C2CC3CC3C2)c1F. The second-order valence-electron chi connectivity index (χ2n) is 5.47. The van der Waals surface area contributed by atoms with E-state index in [1.54, 1.807) is 6.92 Å². The third kappa shape index (κ3) is 1.89. The standard InChI is InChI=1S/C14H15F2NO/c1-7-2-3-11(15)13(12(7)16)17-14(18)10-5-8-4-9(8)6-10/h2-3,8-10H,4-6H2,1H3,(H,17,18). The largest absolute Gasteiger partial charge is 0.321 e. The molecule has 3 rings (SSSR count). The first-order valence-electron chi connectivity index (χ1n) is 6.31. The molecular formula is C14H15F2NO. The number of nitrogens with one attached hydrogen (secondary N) is 1. The van der Waals surface area contributed by atoms with Gasteiger partial charge in [0.25, 0.3) is 0 Å². The summed E-state index contributed by atoms with van der Waals surface area (Å²) < 4.78 is 27.2. The molecule has 2 fully saturated rings. The molecule has 2 saturated carbocycles. The van der Waals surface area contributed by atoms with Gasteiger partial charge in [0.05, 0.1) is 0 Å². The van der Waals surface area contributed by atoms with Gasteiger partial charge in [0.1, 0.15) is 11.5 Å². The zero-order valence-electron chi connectivity index (χ0n) is 10.2. The number of hydrogen-bond acceptors (Lipinski definition) is 1. The van der Waals surface area contributed by atoms with Gasteiger partial charge in [-0.3, -0.25) is 4.79 Å². The lowest BCUT2D eigenvalue weighted by molar-refractivity contribution is -0.120.